The van der Waals surface area contributed by atoms with E-state index in [1.165, 1.54) is 0 Å². The Balaban J connectivity index is 0.000000568. The van der Waals surface area contributed by atoms with Crippen molar-refractivity contribution in [1.29, 1.82) is 0 Å². The molecule has 0 heterocycles. The topological polar surface area (TPSA) is 107 Å². The van der Waals surface area contributed by atoms with Crippen molar-refractivity contribution in [3.63, 3.8) is 0 Å². The van der Waals surface area contributed by atoms with Gasteiger partial charge in [-0.05, 0) is 30.8 Å². The maximum absolute atomic E-state index is 10.1. The zero-order chi connectivity index (χ0) is 21.1. The first-order valence-corrected chi connectivity index (χ1v) is 8.89. The molecule has 0 spiro atoms. The van der Waals surface area contributed by atoms with Crippen LogP contribution in [0.4, 0.5) is 0 Å². The fourth-order valence-electron chi connectivity index (χ4n) is 2.15. The van der Waals surface area contributed by atoms with Gasteiger partial charge < -0.3 is 20.1 Å². The third-order valence-corrected chi connectivity index (χ3v) is 4.22. The van der Waals surface area contributed by atoms with Gasteiger partial charge >= 0.3 is 11.9 Å². The molecule has 3 N–H and O–H groups in total. The molecule has 7 nitrogen and oxygen atoms in total. The number of carboxylic acids is 2. The van der Waals surface area contributed by atoms with Gasteiger partial charge in [0.05, 0.1) is 10.0 Å². The van der Waals surface area contributed by atoms with Crippen LogP contribution in [-0.4, -0.2) is 58.5 Å². The number of hydrogen-bond donors (Lipinski definition) is 3. The predicted molar refractivity (Wildman–Crippen MR) is 106 cm³/mol. The Morgan fingerprint density at radius 2 is 1.64 bits per heavy atom. The number of halogens is 2. The molecular formula is C19H21Cl2NO6. The van der Waals surface area contributed by atoms with Crippen LogP contribution in [0.5, 0.6) is 5.75 Å². The molecule has 152 valence electrons. The molecule has 9 heteroatoms. The van der Waals surface area contributed by atoms with Crippen molar-refractivity contribution in [3.05, 3.63) is 64.1 Å². The van der Waals surface area contributed by atoms with Crippen molar-refractivity contribution in [2.24, 2.45) is 0 Å². The Labute approximate surface area is 172 Å². The second-order valence-corrected chi connectivity index (χ2v) is 6.58. The van der Waals surface area contributed by atoms with E-state index in [2.05, 4.69) is 0 Å². The minimum absolute atomic E-state index is 0.248. The average Bonchev–Trinajstić information content (AvgIpc) is 2.65. The SMILES string of the molecule is CN(Cc1cccc(Cl)c1Cl)CC(O)COc1ccccc1.O=C(O)C(=O)O. The number of aliphatic hydroxyl groups is 1. The summed E-state index contributed by atoms with van der Waals surface area (Å²) in [6.45, 7) is 1.34. The first kappa shape index (κ1) is 23.7. The van der Waals surface area contributed by atoms with Gasteiger partial charge in [-0.15, -0.1) is 0 Å². The molecule has 0 saturated carbocycles. The van der Waals surface area contributed by atoms with Gasteiger partial charge in [0, 0.05) is 13.1 Å². The van der Waals surface area contributed by atoms with Gasteiger partial charge in [-0.25, -0.2) is 9.59 Å². The summed E-state index contributed by atoms with van der Waals surface area (Å²) in [4.78, 5) is 20.2. The smallest absolute Gasteiger partial charge is 0.414 e. The number of aliphatic hydroxyl groups excluding tert-OH is 1. The molecule has 0 aliphatic carbocycles. The minimum Gasteiger partial charge on any atom is -0.491 e. The molecule has 0 aliphatic heterocycles. The molecule has 0 aliphatic rings. The quantitative estimate of drug-likeness (QED) is 0.580. The summed E-state index contributed by atoms with van der Waals surface area (Å²) < 4.78 is 5.54. The number of hydrogen-bond acceptors (Lipinski definition) is 5. The van der Waals surface area contributed by atoms with Crippen LogP contribution in [0.3, 0.4) is 0 Å². The average molecular weight is 430 g/mol. The number of aliphatic carboxylic acids is 2. The summed E-state index contributed by atoms with van der Waals surface area (Å²) in [5.74, 6) is -2.90. The Morgan fingerprint density at radius 3 is 2.21 bits per heavy atom. The van der Waals surface area contributed by atoms with E-state index >= 15 is 0 Å². The van der Waals surface area contributed by atoms with E-state index in [0.717, 1.165) is 11.3 Å². The van der Waals surface area contributed by atoms with Crippen molar-refractivity contribution >= 4 is 35.1 Å². The zero-order valence-electron chi connectivity index (χ0n) is 15.1. The monoisotopic (exact) mass is 429 g/mol. The third kappa shape index (κ3) is 9.05. The lowest BCUT2D eigenvalue weighted by atomic mass is 10.2. The second kappa shape index (κ2) is 12.2. The van der Waals surface area contributed by atoms with Crippen molar-refractivity contribution in [2.75, 3.05) is 20.2 Å². The highest BCUT2D eigenvalue weighted by Gasteiger charge is 2.12. The molecule has 2 aromatic carbocycles. The maximum Gasteiger partial charge on any atom is 0.414 e. The summed E-state index contributed by atoms with van der Waals surface area (Å²) in [5.41, 5.74) is 0.938. The van der Waals surface area contributed by atoms with E-state index in [1.807, 2.05) is 54.4 Å². The van der Waals surface area contributed by atoms with Gasteiger partial charge in [0.25, 0.3) is 0 Å². The van der Waals surface area contributed by atoms with Crippen LogP contribution in [0.2, 0.25) is 10.0 Å². The summed E-state index contributed by atoms with van der Waals surface area (Å²) in [6, 6.07) is 15.0. The third-order valence-electron chi connectivity index (χ3n) is 3.36. The number of ether oxygens (including phenoxy) is 1. The summed E-state index contributed by atoms with van der Waals surface area (Å²) in [7, 11) is 1.92. The van der Waals surface area contributed by atoms with Gasteiger partial charge in [0.2, 0.25) is 0 Å². The van der Waals surface area contributed by atoms with Crippen molar-refractivity contribution in [1.82, 2.24) is 4.90 Å². The van der Waals surface area contributed by atoms with Crippen LogP contribution in [-0.2, 0) is 16.1 Å². The second-order valence-electron chi connectivity index (χ2n) is 5.80. The molecule has 0 amide bonds. The Kier molecular flexibility index (Phi) is 10.3. The van der Waals surface area contributed by atoms with Gasteiger partial charge in [0.15, 0.2) is 0 Å². The van der Waals surface area contributed by atoms with E-state index in [9.17, 15) is 5.11 Å². The highest BCUT2D eigenvalue weighted by atomic mass is 35.5. The largest absolute Gasteiger partial charge is 0.491 e. The van der Waals surface area contributed by atoms with Crippen LogP contribution in [0.1, 0.15) is 5.56 Å². The molecule has 2 aromatic rings. The van der Waals surface area contributed by atoms with Gasteiger partial charge in [-0.1, -0.05) is 53.5 Å². The molecule has 0 saturated heterocycles. The van der Waals surface area contributed by atoms with Crippen LogP contribution >= 0.6 is 23.2 Å². The van der Waals surface area contributed by atoms with Crippen LogP contribution in [0, 0.1) is 0 Å². The number of benzene rings is 2. The summed E-state index contributed by atoms with van der Waals surface area (Å²) >= 11 is 12.2. The van der Waals surface area contributed by atoms with Crippen molar-refractivity contribution < 1.29 is 29.6 Å². The van der Waals surface area contributed by atoms with Gasteiger partial charge in [-0.3, -0.25) is 4.90 Å². The molecular weight excluding hydrogens is 409 g/mol. The molecule has 1 atom stereocenters. The molecule has 0 aromatic heterocycles. The van der Waals surface area contributed by atoms with Crippen molar-refractivity contribution in [3.8, 4) is 5.75 Å². The first-order valence-electron chi connectivity index (χ1n) is 8.14. The standard InChI is InChI=1S/C17H19Cl2NO2.C2H2O4/c1-20(10-13-6-5-9-16(18)17(13)19)11-14(21)12-22-15-7-3-2-4-8-15;3-1(4)2(5)6/h2-9,14,21H,10-12H2,1H3;(H,3,4)(H,5,6). The van der Waals surface area contributed by atoms with Gasteiger partial charge in [-0.2, -0.15) is 0 Å². The number of para-hydroxylation sites is 1. The fourth-order valence-corrected chi connectivity index (χ4v) is 2.53. The molecule has 1 unspecified atom stereocenters. The minimum atomic E-state index is -1.82. The molecule has 0 radical (unpaired) electrons. The number of likely N-dealkylation sites (N-methyl/N-ethyl adjacent to an activating group) is 1. The van der Waals surface area contributed by atoms with E-state index < -0.39 is 18.0 Å². The van der Waals surface area contributed by atoms with Crippen molar-refractivity contribution in [2.45, 2.75) is 12.6 Å². The first-order chi connectivity index (χ1) is 13.2. The van der Waals surface area contributed by atoms with E-state index in [-0.39, 0.29) is 6.61 Å². The van der Waals surface area contributed by atoms with E-state index in [1.54, 1.807) is 6.07 Å². The zero-order valence-corrected chi connectivity index (χ0v) is 16.6. The summed E-state index contributed by atoms with van der Waals surface area (Å²) in [6.07, 6.45) is -0.580. The summed E-state index contributed by atoms with van der Waals surface area (Å²) in [5, 5.41) is 25.9. The molecule has 2 rings (SSSR count). The van der Waals surface area contributed by atoms with E-state index in [4.69, 9.17) is 47.7 Å². The lowest BCUT2D eigenvalue weighted by Crippen LogP contribution is -2.32. The maximum atomic E-state index is 10.1. The van der Waals surface area contributed by atoms with E-state index in [0.29, 0.717) is 23.1 Å². The van der Waals surface area contributed by atoms with Crippen LogP contribution < -0.4 is 4.74 Å². The number of carbonyl (C=O) groups is 2. The fraction of sp³-hybridized carbons (Fsp3) is 0.263. The van der Waals surface area contributed by atoms with Crippen LogP contribution in [0.25, 0.3) is 0 Å². The molecule has 0 bridgehead atoms. The number of rotatable bonds is 7. The lowest BCUT2D eigenvalue weighted by molar-refractivity contribution is -0.159. The normalized spacial score (nSPS) is 11.3. The number of carboxylic acid groups (broad SMARTS) is 2. The van der Waals surface area contributed by atoms with Crippen LogP contribution in [0.15, 0.2) is 48.5 Å². The molecule has 28 heavy (non-hydrogen) atoms. The highest BCUT2D eigenvalue weighted by molar-refractivity contribution is 6.42. The highest BCUT2D eigenvalue weighted by Crippen LogP contribution is 2.26. The molecule has 0 fully saturated rings. The Morgan fingerprint density at radius 1 is 1.04 bits per heavy atom. The Hall–Kier alpha value is -2.32. The van der Waals surface area contributed by atoms with Gasteiger partial charge in [0.1, 0.15) is 18.5 Å². The Bertz CT molecular complexity index is 760. The lowest BCUT2D eigenvalue weighted by Gasteiger charge is -2.21. The predicted octanol–water partition coefficient (Wildman–Crippen LogP) is 3.02. The number of nitrogens with zero attached hydrogens (tertiary/aromatic N) is 1.